The minimum Gasteiger partial charge on any atom is -0.497 e. The normalized spacial score (nSPS) is 10.2. The molecule has 0 unspecified atom stereocenters. The molecule has 1 N–H and O–H groups in total. The maximum absolute atomic E-state index is 12.8. The Morgan fingerprint density at radius 3 is 2.24 bits per heavy atom. The number of methoxy groups -OCH3 is 1. The van der Waals surface area contributed by atoms with E-state index in [9.17, 15) is 14.4 Å². The number of nitrogens with zero attached hydrogens (tertiary/aromatic N) is 1. The molecule has 0 aromatic heterocycles. The molecule has 0 radical (unpaired) electrons. The first-order chi connectivity index (χ1) is 10.1. The Bertz CT molecular complexity index is 596. The lowest BCUT2D eigenvalue weighted by Crippen LogP contribution is -2.28. The van der Waals surface area contributed by atoms with Gasteiger partial charge in [0, 0.05) is 0 Å². The van der Waals surface area contributed by atoms with Gasteiger partial charge >= 0.3 is 0 Å². The Morgan fingerprint density at radius 2 is 1.67 bits per heavy atom. The highest BCUT2D eigenvalue weighted by atomic mass is 19.1. The Hall–Kier alpha value is -2.40. The van der Waals surface area contributed by atoms with Crippen molar-refractivity contribution < 1.29 is 19.1 Å². The Labute approximate surface area is 122 Å². The van der Waals surface area contributed by atoms with Crippen molar-refractivity contribution in [3.8, 4) is 5.75 Å². The highest BCUT2D eigenvalue weighted by Crippen LogP contribution is 2.13. The number of ether oxygens (including phenoxy) is 1. The van der Waals surface area contributed by atoms with Crippen LogP contribution in [0.25, 0.3) is 0 Å². The summed E-state index contributed by atoms with van der Waals surface area (Å²) >= 11 is 0. The topological polar surface area (TPSA) is 49.8 Å². The van der Waals surface area contributed by atoms with Gasteiger partial charge in [-0.1, -0.05) is 24.3 Å². The molecule has 0 aliphatic rings. The zero-order chi connectivity index (χ0) is 15.2. The van der Waals surface area contributed by atoms with Crippen LogP contribution in [0.2, 0.25) is 0 Å². The number of halogens is 1. The third-order valence-corrected chi connectivity index (χ3v) is 3.05. The number of hydroxylamine groups is 2. The fraction of sp³-hybridized carbons (Fsp3) is 0.188. The summed E-state index contributed by atoms with van der Waals surface area (Å²) in [4.78, 5) is 11.9. The Balaban J connectivity index is 1.93. The van der Waals surface area contributed by atoms with Crippen LogP contribution in [0.3, 0.4) is 0 Å². The molecular weight excluding hydrogens is 273 g/mol. The molecule has 2 rings (SSSR count). The first-order valence-corrected chi connectivity index (χ1v) is 6.45. The van der Waals surface area contributed by atoms with E-state index in [1.54, 1.807) is 31.4 Å². The molecular formula is C16H16FNO3. The van der Waals surface area contributed by atoms with Gasteiger partial charge in [-0.05, 0) is 35.4 Å². The van der Waals surface area contributed by atoms with Crippen molar-refractivity contribution in [2.24, 2.45) is 0 Å². The number of hydrogen-bond donors (Lipinski definition) is 1. The van der Waals surface area contributed by atoms with Crippen LogP contribution >= 0.6 is 0 Å². The molecule has 0 spiro atoms. The van der Waals surface area contributed by atoms with E-state index in [-0.39, 0.29) is 18.8 Å². The van der Waals surface area contributed by atoms with Crippen molar-refractivity contribution in [1.29, 1.82) is 0 Å². The fourth-order valence-corrected chi connectivity index (χ4v) is 1.86. The second-order valence-corrected chi connectivity index (χ2v) is 4.60. The molecule has 1 amide bonds. The van der Waals surface area contributed by atoms with Crippen molar-refractivity contribution in [3.63, 3.8) is 0 Å². The van der Waals surface area contributed by atoms with Crippen LogP contribution in [-0.4, -0.2) is 23.3 Å². The van der Waals surface area contributed by atoms with E-state index >= 15 is 0 Å². The van der Waals surface area contributed by atoms with Crippen LogP contribution in [0.4, 0.5) is 4.39 Å². The van der Waals surface area contributed by atoms with Crippen molar-refractivity contribution in [2.45, 2.75) is 13.0 Å². The van der Waals surface area contributed by atoms with Crippen molar-refractivity contribution in [3.05, 3.63) is 65.5 Å². The zero-order valence-corrected chi connectivity index (χ0v) is 11.6. The van der Waals surface area contributed by atoms with Crippen molar-refractivity contribution in [2.75, 3.05) is 7.11 Å². The van der Waals surface area contributed by atoms with Crippen LogP contribution in [0.15, 0.2) is 48.5 Å². The Morgan fingerprint density at radius 1 is 1.10 bits per heavy atom. The van der Waals surface area contributed by atoms with Gasteiger partial charge in [-0.25, -0.2) is 9.45 Å². The van der Waals surface area contributed by atoms with Crippen molar-refractivity contribution in [1.82, 2.24) is 5.06 Å². The van der Waals surface area contributed by atoms with E-state index in [4.69, 9.17) is 4.74 Å². The summed E-state index contributed by atoms with van der Waals surface area (Å²) in [5.41, 5.74) is 1.43. The predicted molar refractivity (Wildman–Crippen MR) is 75.4 cm³/mol. The van der Waals surface area contributed by atoms with Crippen molar-refractivity contribution >= 4 is 5.91 Å². The highest BCUT2D eigenvalue weighted by molar-refractivity contribution is 5.77. The van der Waals surface area contributed by atoms with Gasteiger partial charge in [0.15, 0.2) is 0 Å². The molecule has 0 saturated carbocycles. The van der Waals surface area contributed by atoms with E-state index in [0.717, 1.165) is 5.56 Å². The van der Waals surface area contributed by atoms with E-state index in [2.05, 4.69) is 0 Å². The number of carbonyl (C=O) groups is 1. The van der Waals surface area contributed by atoms with Gasteiger partial charge in [0.1, 0.15) is 11.6 Å². The van der Waals surface area contributed by atoms with Crippen LogP contribution in [0, 0.1) is 5.82 Å². The molecule has 0 heterocycles. The fourth-order valence-electron chi connectivity index (χ4n) is 1.86. The summed E-state index contributed by atoms with van der Waals surface area (Å²) in [6.45, 7) is 0.0231. The lowest BCUT2D eigenvalue weighted by molar-refractivity contribution is -0.167. The number of amides is 1. The van der Waals surface area contributed by atoms with Crippen LogP contribution in [0.5, 0.6) is 5.75 Å². The van der Waals surface area contributed by atoms with E-state index in [1.807, 2.05) is 0 Å². The molecule has 0 bridgehead atoms. The summed E-state index contributed by atoms with van der Waals surface area (Å²) in [5.74, 6) is -0.0735. The molecule has 5 heteroatoms. The average molecular weight is 289 g/mol. The summed E-state index contributed by atoms with van der Waals surface area (Å²) in [6.07, 6.45) is 0.0850. The summed E-state index contributed by atoms with van der Waals surface area (Å²) in [6, 6.07) is 12.7. The third-order valence-electron chi connectivity index (χ3n) is 3.05. The van der Waals surface area contributed by atoms with Gasteiger partial charge in [0.2, 0.25) is 0 Å². The number of benzene rings is 2. The second-order valence-electron chi connectivity index (χ2n) is 4.60. The number of rotatable bonds is 5. The predicted octanol–water partition coefficient (Wildman–Crippen LogP) is 2.79. The standard InChI is InChI=1S/C16H16FNO3/c1-21-15-8-4-12(5-9-15)10-16(19)18(20)11-13-2-6-14(17)7-3-13/h2-9,20H,10-11H2,1H3. The molecule has 0 atom stereocenters. The molecule has 110 valence electrons. The monoisotopic (exact) mass is 289 g/mol. The van der Waals surface area contributed by atoms with Crippen LogP contribution in [-0.2, 0) is 17.8 Å². The van der Waals surface area contributed by atoms with E-state index in [1.165, 1.54) is 24.3 Å². The lowest BCUT2D eigenvalue weighted by Gasteiger charge is -2.15. The third kappa shape index (κ3) is 4.29. The highest BCUT2D eigenvalue weighted by Gasteiger charge is 2.12. The zero-order valence-electron chi connectivity index (χ0n) is 11.6. The molecule has 21 heavy (non-hydrogen) atoms. The average Bonchev–Trinajstić information content (AvgIpc) is 2.50. The molecule has 2 aromatic rings. The smallest absolute Gasteiger partial charge is 0.250 e. The SMILES string of the molecule is COc1ccc(CC(=O)N(O)Cc2ccc(F)cc2)cc1. The molecule has 4 nitrogen and oxygen atoms in total. The van der Waals surface area contributed by atoms with Gasteiger partial charge in [-0.15, -0.1) is 0 Å². The van der Waals surface area contributed by atoms with Gasteiger partial charge in [0.25, 0.3) is 5.91 Å². The van der Waals surface area contributed by atoms with Gasteiger partial charge < -0.3 is 4.74 Å². The number of hydrogen-bond acceptors (Lipinski definition) is 3. The second kappa shape index (κ2) is 6.85. The molecule has 2 aromatic carbocycles. The Kier molecular flexibility index (Phi) is 4.90. The van der Waals surface area contributed by atoms with E-state index < -0.39 is 5.91 Å². The lowest BCUT2D eigenvalue weighted by atomic mass is 10.1. The molecule has 0 aliphatic carbocycles. The van der Waals surface area contributed by atoms with Crippen LogP contribution < -0.4 is 4.74 Å². The number of carbonyl (C=O) groups excluding carboxylic acids is 1. The quantitative estimate of drug-likeness (QED) is 0.680. The van der Waals surface area contributed by atoms with Crippen LogP contribution in [0.1, 0.15) is 11.1 Å². The van der Waals surface area contributed by atoms with Gasteiger partial charge in [0.05, 0.1) is 20.1 Å². The van der Waals surface area contributed by atoms with Gasteiger partial charge in [-0.2, -0.15) is 0 Å². The summed E-state index contributed by atoms with van der Waals surface area (Å²) < 4.78 is 17.8. The largest absolute Gasteiger partial charge is 0.497 e. The van der Waals surface area contributed by atoms with Gasteiger partial charge in [-0.3, -0.25) is 10.0 Å². The minimum absolute atomic E-state index is 0.0231. The van der Waals surface area contributed by atoms with E-state index in [0.29, 0.717) is 16.4 Å². The molecule has 0 saturated heterocycles. The summed E-state index contributed by atoms with van der Waals surface area (Å²) in [5, 5.41) is 10.4. The maximum atomic E-state index is 12.8. The first-order valence-electron chi connectivity index (χ1n) is 6.45. The molecule has 0 fully saturated rings. The summed E-state index contributed by atoms with van der Waals surface area (Å²) in [7, 11) is 1.57. The first kappa shape index (κ1) is 15.0. The maximum Gasteiger partial charge on any atom is 0.250 e. The minimum atomic E-state index is -0.426. The molecule has 0 aliphatic heterocycles.